The summed E-state index contributed by atoms with van der Waals surface area (Å²) >= 11 is 41.0. The summed E-state index contributed by atoms with van der Waals surface area (Å²) in [6.45, 7) is 1.32. The van der Waals surface area contributed by atoms with Crippen molar-refractivity contribution in [1.29, 1.82) is 0 Å². The second kappa shape index (κ2) is 41.8. The summed E-state index contributed by atoms with van der Waals surface area (Å²) in [6.07, 6.45) is 34.9. The van der Waals surface area contributed by atoms with Crippen LogP contribution in [0.5, 0.6) is 0 Å². The molecule has 0 spiro atoms. The van der Waals surface area contributed by atoms with E-state index in [1.807, 2.05) is 6.08 Å². The van der Waals surface area contributed by atoms with Gasteiger partial charge in [0.1, 0.15) is 72.3 Å². The van der Waals surface area contributed by atoms with Gasteiger partial charge in [-0.05, 0) is 63.1 Å². The number of nitrogens with one attached hydrogen (secondary N) is 1. The number of thioether (sulfide) groups is 3. The van der Waals surface area contributed by atoms with Crippen molar-refractivity contribution in [1.82, 2.24) is 28.7 Å². The van der Waals surface area contributed by atoms with E-state index in [0.717, 1.165) is 38.5 Å². The van der Waals surface area contributed by atoms with Gasteiger partial charge in [-0.1, -0.05) is 149 Å². The summed E-state index contributed by atoms with van der Waals surface area (Å²) in [5, 5.41) is 20.1. The fraction of sp³-hybridized carbons (Fsp3) is 0.481. The molecule has 0 aliphatic carbocycles. The van der Waals surface area contributed by atoms with E-state index in [1.54, 1.807) is 24.5 Å². The Morgan fingerprint density at radius 2 is 1.00 bits per heavy atom. The van der Waals surface area contributed by atoms with Crippen molar-refractivity contribution < 1.29 is 53.0 Å². The Kier molecular flexibility index (Phi) is 36.9. The number of amides is 1. The van der Waals surface area contributed by atoms with Crippen LogP contribution in [0.2, 0.25) is 0 Å². The van der Waals surface area contributed by atoms with E-state index in [-0.39, 0.29) is 72.4 Å². The minimum atomic E-state index is -1.73. The first-order chi connectivity index (χ1) is 40.5. The number of nitrogens with two attached hydrogens (primary N) is 2. The predicted octanol–water partition coefficient (Wildman–Crippen LogP) is 10.3. The summed E-state index contributed by atoms with van der Waals surface area (Å²) < 4.78 is 31.5. The molecular formula is C52H66Cl7N9O14S3. The van der Waals surface area contributed by atoms with Gasteiger partial charge < -0.3 is 50.1 Å². The molecule has 33 heteroatoms. The topological polar surface area (TPSA) is 316 Å². The van der Waals surface area contributed by atoms with Gasteiger partial charge in [0, 0.05) is 53.9 Å². The van der Waals surface area contributed by atoms with Crippen LogP contribution in [0.1, 0.15) is 77.0 Å². The number of hydrogen-bond donors (Lipinski definition) is 5. The maximum atomic E-state index is 12.0. The summed E-state index contributed by atoms with van der Waals surface area (Å²) in [4.78, 5) is 79.7. The van der Waals surface area contributed by atoms with Crippen LogP contribution in [-0.2, 0) is 33.2 Å². The van der Waals surface area contributed by atoms with Gasteiger partial charge in [-0.25, -0.2) is 24.0 Å². The third-order valence-corrected chi connectivity index (χ3v) is 14.5. The highest BCUT2D eigenvalue weighted by molar-refractivity contribution is 8.00. The molecule has 6 atom stereocenters. The standard InChI is InChI=1S/C30H41N3O4S.C11H12Cl3N3O5S.C8H11N3O3S.C3H2Cl4O2/c1-2-3-4-5-6-7-8-9-10-11-12-13-14-15-16-17-18-19-20-21-28(34)36-24-29-37-27(25-38-29)33-23-22-26(31)32-30(33)35;12-11(13,14)5-21-10(20)16-6-1-2-17(9(19)15-6)7-4-23-8(3-18)22-7;9-5-1-2-11(8(13)10-5)6-4-15-7(3-12)14-6;4-2(8)9-1-3(5,6)7/h3-4,6-7,9-10,12-13,15-16,18-19,22-23,27,29H,2,5,8,11,14,17,20-21,24-25H2,1H3,(H2,31,32,35);1-2,7-8,18H,3-5H2,(H,15,16,19,20);1-2,6-7,12H,3-4H2,(H2,9,10,13);1H2/b4-3-,7-6-,10-9-,13-12-,16-15-,19-18-;;;/t27?,29-;7?,8-;6?,7-;/m111./s1. The van der Waals surface area contributed by atoms with Gasteiger partial charge in [-0.15, -0.1) is 35.3 Å². The van der Waals surface area contributed by atoms with Gasteiger partial charge in [-0.2, -0.15) is 15.0 Å². The molecule has 0 radical (unpaired) electrons. The molecule has 1 amide bonds. The molecule has 23 nitrogen and oxygen atoms in total. The number of hydrogen-bond acceptors (Lipinski definition) is 22. The number of carbonyl (C=O) groups is 3. The van der Waals surface area contributed by atoms with Crippen molar-refractivity contribution in [2.45, 2.75) is 101 Å². The van der Waals surface area contributed by atoms with Crippen molar-refractivity contribution in [2.24, 2.45) is 0 Å². The van der Waals surface area contributed by atoms with Gasteiger partial charge in [0.2, 0.25) is 7.59 Å². The Hall–Kier alpha value is -4.23. The number of anilines is 3. The zero-order valence-electron chi connectivity index (χ0n) is 45.7. The van der Waals surface area contributed by atoms with Crippen molar-refractivity contribution in [3.05, 3.63) is 141 Å². The van der Waals surface area contributed by atoms with Crippen molar-refractivity contribution in [3.63, 3.8) is 0 Å². The molecule has 3 saturated heterocycles. The first kappa shape index (κ1) is 75.0. The van der Waals surface area contributed by atoms with Crippen molar-refractivity contribution in [2.75, 3.05) is 67.1 Å². The molecule has 0 bridgehead atoms. The Bertz CT molecular complexity index is 2890. The average molecular weight is 1390 g/mol. The minimum Gasteiger partial charge on any atom is -0.462 e. The largest absolute Gasteiger partial charge is 0.462 e. The fourth-order valence-electron chi connectivity index (χ4n) is 6.54. The number of nitrogens with zero attached hydrogens (tertiary/aromatic N) is 6. The lowest BCUT2D eigenvalue weighted by molar-refractivity contribution is -0.146. The zero-order chi connectivity index (χ0) is 62.6. The molecule has 3 aromatic heterocycles. The molecule has 3 aromatic rings. The van der Waals surface area contributed by atoms with E-state index in [9.17, 15) is 28.8 Å². The van der Waals surface area contributed by atoms with Crippen LogP contribution in [0.25, 0.3) is 0 Å². The van der Waals surface area contributed by atoms with Crippen molar-refractivity contribution >= 4 is 151 Å². The van der Waals surface area contributed by atoms with E-state index in [2.05, 4.69) is 104 Å². The van der Waals surface area contributed by atoms with Crippen LogP contribution in [-0.4, -0.2) is 131 Å². The van der Waals surface area contributed by atoms with E-state index in [0.29, 0.717) is 30.1 Å². The van der Waals surface area contributed by atoms with Crippen LogP contribution in [0.3, 0.4) is 0 Å². The number of rotatable bonds is 24. The lowest BCUT2D eigenvalue weighted by Crippen LogP contribution is -2.30. The van der Waals surface area contributed by atoms with E-state index in [4.69, 9.17) is 122 Å². The molecule has 6 rings (SSSR count). The number of halogens is 7. The highest BCUT2D eigenvalue weighted by Gasteiger charge is 2.31. The van der Waals surface area contributed by atoms with Crippen molar-refractivity contribution in [3.8, 4) is 0 Å². The van der Waals surface area contributed by atoms with Gasteiger partial charge in [-0.3, -0.25) is 23.8 Å². The molecule has 470 valence electrons. The monoisotopic (exact) mass is 1380 g/mol. The maximum absolute atomic E-state index is 12.0. The number of nitrogen functional groups attached to an aromatic ring is 2. The molecule has 3 aliphatic heterocycles. The van der Waals surface area contributed by atoms with Gasteiger partial charge in [0.15, 0.2) is 0 Å². The molecule has 0 aromatic carbocycles. The number of carbonyl (C=O) groups excluding carboxylic acids is 3. The molecule has 7 N–H and O–H groups in total. The highest BCUT2D eigenvalue weighted by Crippen LogP contribution is 2.33. The number of aliphatic hydroxyl groups is 2. The predicted molar refractivity (Wildman–Crippen MR) is 339 cm³/mol. The number of ether oxygens (including phenoxy) is 6. The lowest BCUT2D eigenvalue weighted by Gasteiger charge is -2.14. The number of allylic oxidation sites excluding steroid dienone is 12. The number of aromatic nitrogens is 6. The van der Waals surface area contributed by atoms with E-state index >= 15 is 0 Å². The van der Waals surface area contributed by atoms with Gasteiger partial charge in [0.25, 0.3) is 0 Å². The highest BCUT2D eigenvalue weighted by atomic mass is 35.6. The normalized spacial score (nSPS) is 19.7. The van der Waals surface area contributed by atoms with Gasteiger partial charge >= 0.3 is 34.6 Å². The van der Waals surface area contributed by atoms with Gasteiger partial charge in [0.05, 0.1) is 13.2 Å². The SMILES string of the molecule is CC/C=C\C/C=C\C/C=C\C/C=C\C/C=C\C/C=C\CCC(=O)OC[C@@H]1OC(n2ccc(N)nc2=O)CS1.Nc1ccn(C2CS[C@H](CO)O2)c(=O)n1.O=C(Cl)OCC(Cl)(Cl)Cl.O=C(Nc1ccn(C2CS[C@H](CO)O2)c(=O)n1)OCC(Cl)(Cl)Cl. The van der Waals surface area contributed by atoms with Crippen LogP contribution < -0.4 is 33.9 Å². The molecule has 3 fully saturated rings. The van der Waals surface area contributed by atoms with E-state index < -0.39 is 55.2 Å². The third-order valence-electron chi connectivity index (χ3n) is 10.4. The van der Waals surface area contributed by atoms with Crippen LogP contribution in [0.15, 0.2) is 124 Å². The quantitative estimate of drug-likeness (QED) is 0.0183. The maximum Gasteiger partial charge on any atom is 0.412 e. The number of esters is 1. The Morgan fingerprint density at radius 1 is 0.612 bits per heavy atom. The zero-order valence-corrected chi connectivity index (χ0v) is 53.4. The minimum absolute atomic E-state index is 0.00933. The Morgan fingerprint density at radius 3 is 1.38 bits per heavy atom. The first-order valence-corrected chi connectivity index (χ1v) is 31.6. The van der Waals surface area contributed by atoms with Crippen LogP contribution >= 0.6 is 116 Å². The second-order valence-electron chi connectivity index (χ2n) is 17.1. The summed E-state index contributed by atoms with van der Waals surface area (Å²) in [6, 6.07) is 4.50. The average Bonchev–Trinajstić information content (AvgIpc) is 3.85. The molecule has 0 saturated carbocycles. The summed E-state index contributed by atoms with van der Waals surface area (Å²) in [5.41, 5.74) is 7.46. The second-order valence-corrected chi connectivity index (χ2v) is 26.0. The molecular weight excluding hydrogens is 1320 g/mol. The summed E-state index contributed by atoms with van der Waals surface area (Å²) in [7, 11) is 0. The molecule has 85 heavy (non-hydrogen) atoms. The third kappa shape index (κ3) is 33.6. The van der Waals surface area contributed by atoms with E-state index in [1.165, 1.54) is 61.3 Å². The number of alkyl halides is 6. The molecule has 6 heterocycles. The number of aliphatic hydroxyl groups excluding tert-OH is 2. The molecule has 3 aliphatic rings. The Balaban J connectivity index is 0.000000337. The molecule has 3 unspecified atom stereocenters. The fourth-order valence-corrected chi connectivity index (χ4v) is 9.77. The van der Waals surface area contributed by atoms with Crippen LogP contribution in [0, 0.1) is 0 Å². The lowest BCUT2D eigenvalue weighted by atomic mass is 10.2. The first-order valence-electron chi connectivity index (χ1n) is 25.8. The van der Waals surface area contributed by atoms with Crippen LogP contribution in [0.4, 0.5) is 27.0 Å². The smallest absolute Gasteiger partial charge is 0.412 e. The Labute approximate surface area is 538 Å². The summed E-state index contributed by atoms with van der Waals surface area (Å²) in [5.74, 6) is 1.80.